The van der Waals surface area contributed by atoms with Gasteiger partial charge in [-0.2, -0.15) is 22.0 Å². The van der Waals surface area contributed by atoms with Gasteiger partial charge in [0, 0.05) is 0 Å². The van der Waals surface area contributed by atoms with Gasteiger partial charge in [0.15, 0.2) is 0 Å². The average Bonchev–Trinajstić information content (AvgIpc) is 1.82. The maximum Gasteiger partial charge on any atom is 0.391 e. The molecule has 0 spiro atoms. The highest BCUT2D eigenvalue weighted by atomic mass is 19.4. The third-order valence-electron chi connectivity index (χ3n) is 1.10. The molecule has 0 aliphatic rings. The molecule has 2 nitrogen and oxygen atoms in total. The van der Waals surface area contributed by atoms with Crippen LogP contribution in [0.15, 0.2) is 0 Å². The quantitative estimate of drug-likeness (QED) is 0.699. The van der Waals surface area contributed by atoms with Crippen molar-refractivity contribution in [3.63, 3.8) is 0 Å². The van der Waals surface area contributed by atoms with E-state index in [2.05, 4.69) is 4.74 Å². The molecule has 1 N–H and O–H groups in total. The highest BCUT2D eigenvalue weighted by Gasteiger charge is 2.32. The van der Waals surface area contributed by atoms with Crippen LogP contribution in [0.3, 0.4) is 0 Å². The molecule has 0 aliphatic heterocycles. The van der Waals surface area contributed by atoms with Crippen LogP contribution in [0.1, 0.15) is 12.8 Å². The van der Waals surface area contributed by atoms with Crippen LogP contribution in [0, 0.1) is 0 Å². The van der Waals surface area contributed by atoms with Gasteiger partial charge < -0.3 is 9.84 Å². The standard InChI is InChI=1S/C6H9F5O2/c7-5(8,9)2-4-13-6(10,11)1-3-12/h12H,1-4H2. The van der Waals surface area contributed by atoms with Gasteiger partial charge in [-0.1, -0.05) is 0 Å². The minimum Gasteiger partial charge on any atom is -0.396 e. The van der Waals surface area contributed by atoms with Crippen LogP contribution in [0.5, 0.6) is 0 Å². The Morgan fingerprint density at radius 2 is 1.54 bits per heavy atom. The number of aliphatic hydroxyl groups is 1. The fraction of sp³-hybridized carbons (Fsp3) is 1.00. The number of aliphatic hydroxyl groups excluding tert-OH is 1. The van der Waals surface area contributed by atoms with Gasteiger partial charge in [-0.3, -0.25) is 0 Å². The molecule has 0 rings (SSSR count). The predicted octanol–water partition coefficient (Wildman–Crippen LogP) is 1.93. The number of rotatable bonds is 5. The molecule has 0 aromatic heterocycles. The van der Waals surface area contributed by atoms with Gasteiger partial charge in [-0.15, -0.1) is 0 Å². The summed E-state index contributed by atoms with van der Waals surface area (Å²) in [7, 11) is 0. The van der Waals surface area contributed by atoms with Gasteiger partial charge in [-0.05, 0) is 0 Å². The summed E-state index contributed by atoms with van der Waals surface area (Å²) in [5, 5.41) is 8.08. The lowest BCUT2D eigenvalue weighted by Gasteiger charge is -2.15. The first kappa shape index (κ1) is 12.6. The molecular formula is C6H9F5O2. The molecule has 0 bridgehead atoms. The van der Waals surface area contributed by atoms with Gasteiger partial charge in [0.05, 0.1) is 26.1 Å². The zero-order valence-corrected chi connectivity index (χ0v) is 6.57. The molecule has 0 aromatic carbocycles. The van der Waals surface area contributed by atoms with E-state index in [1.165, 1.54) is 0 Å². The van der Waals surface area contributed by atoms with Crippen LogP contribution in [-0.4, -0.2) is 30.6 Å². The number of hydrogen-bond donors (Lipinski definition) is 1. The zero-order chi connectivity index (χ0) is 10.5. The van der Waals surface area contributed by atoms with Crippen molar-refractivity contribution in [2.75, 3.05) is 13.2 Å². The third-order valence-corrected chi connectivity index (χ3v) is 1.10. The lowest BCUT2D eigenvalue weighted by Crippen LogP contribution is -2.25. The van der Waals surface area contributed by atoms with Crippen LogP contribution in [0.2, 0.25) is 0 Å². The van der Waals surface area contributed by atoms with Crippen molar-refractivity contribution in [3.8, 4) is 0 Å². The maximum atomic E-state index is 12.2. The Bertz CT molecular complexity index is 144. The third kappa shape index (κ3) is 7.92. The van der Waals surface area contributed by atoms with Crippen LogP contribution in [0.4, 0.5) is 22.0 Å². The fourth-order valence-electron chi connectivity index (χ4n) is 0.518. The molecule has 0 saturated carbocycles. The molecule has 80 valence electrons. The summed E-state index contributed by atoms with van der Waals surface area (Å²) < 4.78 is 62.5. The largest absolute Gasteiger partial charge is 0.396 e. The molecule has 0 amide bonds. The molecule has 0 atom stereocenters. The Hall–Kier alpha value is -0.430. The molecule has 0 aromatic rings. The summed E-state index contributed by atoms with van der Waals surface area (Å²) in [4.78, 5) is 0. The first-order chi connectivity index (χ1) is 5.77. The SMILES string of the molecule is OCCC(F)(F)OCCC(F)(F)F. The Kier molecular flexibility index (Phi) is 4.55. The van der Waals surface area contributed by atoms with Gasteiger partial charge in [0.1, 0.15) is 0 Å². The fourth-order valence-corrected chi connectivity index (χ4v) is 0.518. The molecule has 0 fully saturated rings. The monoisotopic (exact) mass is 208 g/mol. The van der Waals surface area contributed by atoms with E-state index in [4.69, 9.17) is 5.11 Å². The molecular weight excluding hydrogens is 199 g/mol. The summed E-state index contributed by atoms with van der Waals surface area (Å²) in [5.41, 5.74) is 0. The minimum absolute atomic E-state index is 0.834. The van der Waals surface area contributed by atoms with E-state index in [1.54, 1.807) is 0 Å². The van der Waals surface area contributed by atoms with Gasteiger partial charge in [0.25, 0.3) is 0 Å². The van der Waals surface area contributed by atoms with Gasteiger partial charge in [-0.25, -0.2) is 0 Å². The molecule has 0 aliphatic carbocycles. The summed E-state index contributed by atoms with van der Waals surface area (Å²) in [6.45, 7) is -1.94. The zero-order valence-electron chi connectivity index (χ0n) is 6.57. The summed E-state index contributed by atoms with van der Waals surface area (Å²) in [6, 6.07) is 0. The van der Waals surface area contributed by atoms with Crippen molar-refractivity contribution < 1.29 is 31.8 Å². The molecule has 13 heavy (non-hydrogen) atoms. The Morgan fingerprint density at radius 1 is 1.00 bits per heavy atom. The van der Waals surface area contributed by atoms with E-state index in [-0.39, 0.29) is 0 Å². The van der Waals surface area contributed by atoms with Crippen molar-refractivity contribution in [2.24, 2.45) is 0 Å². The van der Waals surface area contributed by atoms with Crippen LogP contribution < -0.4 is 0 Å². The number of hydrogen-bond acceptors (Lipinski definition) is 2. The smallest absolute Gasteiger partial charge is 0.391 e. The van der Waals surface area contributed by atoms with Gasteiger partial charge >= 0.3 is 12.3 Å². The lowest BCUT2D eigenvalue weighted by atomic mass is 10.4. The Labute approximate surface area is 71.3 Å². The molecule has 0 radical (unpaired) electrons. The second-order valence-electron chi connectivity index (χ2n) is 2.32. The van der Waals surface area contributed by atoms with Crippen molar-refractivity contribution in [1.29, 1.82) is 0 Å². The number of alkyl halides is 5. The maximum absolute atomic E-state index is 12.2. The Morgan fingerprint density at radius 3 is 1.92 bits per heavy atom. The molecule has 7 heteroatoms. The minimum atomic E-state index is -4.50. The van der Waals surface area contributed by atoms with E-state index in [1.807, 2.05) is 0 Å². The average molecular weight is 208 g/mol. The molecule has 0 saturated heterocycles. The van der Waals surface area contributed by atoms with E-state index >= 15 is 0 Å². The molecule has 0 heterocycles. The topological polar surface area (TPSA) is 29.5 Å². The highest BCUT2D eigenvalue weighted by molar-refractivity contribution is 4.54. The van der Waals surface area contributed by atoms with Crippen LogP contribution in [0.25, 0.3) is 0 Å². The van der Waals surface area contributed by atoms with E-state index in [0.717, 1.165) is 0 Å². The molecule has 0 unspecified atom stereocenters. The van der Waals surface area contributed by atoms with Gasteiger partial charge in [0.2, 0.25) is 0 Å². The van der Waals surface area contributed by atoms with E-state index in [0.29, 0.717) is 0 Å². The lowest BCUT2D eigenvalue weighted by molar-refractivity contribution is -0.257. The Balaban J connectivity index is 3.63. The van der Waals surface area contributed by atoms with Crippen LogP contribution >= 0.6 is 0 Å². The number of ether oxygens (including phenoxy) is 1. The first-order valence-corrected chi connectivity index (χ1v) is 3.46. The highest BCUT2D eigenvalue weighted by Crippen LogP contribution is 2.24. The first-order valence-electron chi connectivity index (χ1n) is 3.46. The van der Waals surface area contributed by atoms with E-state index < -0.39 is 38.3 Å². The second kappa shape index (κ2) is 4.71. The normalized spacial score (nSPS) is 13.4. The van der Waals surface area contributed by atoms with E-state index in [9.17, 15) is 22.0 Å². The summed E-state index contributed by atoms with van der Waals surface area (Å²) in [6.07, 6.45) is -10.6. The van der Waals surface area contributed by atoms with Crippen LogP contribution in [-0.2, 0) is 4.74 Å². The second-order valence-corrected chi connectivity index (χ2v) is 2.32. The van der Waals surface area contributed by atoms with Crippen molar-refractivity contribution in [2.45, 2.75) is 25.1 Å². The number of halogens is 5. The van der Waals surface area contributed by atoms with Crippen molar-refractivity contribution in [3.05, 3.63) is 0 Å². The van der Waals surface area contributed by atoms with Crippen molar-refractivity contribution in [1.82, 2.24) is 0 Å². The van der Waals surface area contributed by atoms with Crippen molar-refractivity contribution >= 4 is 0 Å². The predicted molar refractivity (Wildman–Crippen MR) is 33.3 cm³/mol. The summed E-state index contributed by atoms with van der Waals surface area (Å²) in [5.74, 6) is 0. The summed E-state index contributed by atoms with van der Waals surface area (Å²) >= 11 is 0.